The molecule has 1 amide bonds. The molecule has 2 rings (SSSR count). The maximum atomic E-state index is 11.1. The Balaban J connectivity index is 1.89. The van der Waals surface area contributed by atoms with Crippen LogP contribution in [-0.2, 0) is 4.79 Å². The summed E-state index contributed by atoms with van der Waals surface area (Å²) in [5, 5.41) is 6.45. The van der Waals surface area contributed by atoms with E-state index in [1.807, 2.05) is 0 Å². The van der Waals surface area contributed by atoms with E-state index in [2.05, 4.69) is 29.4 Å². The molecule has 0 spiro atoms. The third kappa shape index (κ3) is 2.49. The van der Waals surface area contributed by atoms with E-state index in [1.165, 1.54) is 0 Å². The quantitative estimate of drug-likeness (QED) is 0.673. The van der Waals surface area contributed by atoms with Crippen LogP contribution in [0.2, 0.25) is 0 Å². The molecule has 2 saturated heterocycles. The van der Waals surface area contributed by atoms with E-state index < -0.39 is 0 Å². The average Bonchev–Trinajstić information content (AvgIpc) is 2.55. The number of hydrogen-bond donors (Lipinski definition) is 2. The Morgan fingerprint density at radius 3 is 2.93 bits per heavy atom. The number of carbonyl (C=O) groups is 1. The third-order valence-electron chi connectivity index (χ3n) is 3.50. The van der Waals surface area contributed by atoms with Crippen molar-refractivity contribution < 1.29 is 4.79 Å². The Hall–Kier alpha value is -0.610. The molecule has 1 atom stereocenters. The highest BCUT2D eigenvalue weighted by Crippen LogP contribution is 2.18. The molecule has 2 aliphatic rings. The van der Waals surface area contributed by atoms with Gasteiger partial charge in [0, 0.05) is 44.2 Å². The second-order valence-electron chi connectivity index (χ2n) is 5.24. The summed E-state index contributed by atoms with van der Waals surface area (Å²) >= 11 is 0. The number of piperazine rings is 1. The van der Waals surface area contributed by atoms with E-state index >= 15 is 0 Å². The van der Waals surface area contributed by atoms with Crippen LogP contribution < -0.4 is 10.6 Å². The molecule has 0 aliphatic carbocycles. The minimum Gasteiger partial charge on any atom is -0.352 e. The molecule has 4 nitrogen and oxygen atoms in total. The van der Waals surface area contributed by atoms with Crippen LogP contribution in [0.4, 0.5) is 0 Å². The van der Waals surface area contributed by atoms with Gasteiger partial charge in [-0.05, 0) is 20.3 Å². The highest BCUT2D eigenvalue weighted by atomic mass is 16.1. The Morgan fingerprint density at radius 1 is 1.53 bits per heavy atom. The molecule has 2 heterocycles. The van der Waals surface area contributed by atoms with Crippen molar-refractivity contribution >= 4 is 5.91 Å². The molecule has 0 aromatic rings. The van der Waals surface area contributed by atoms with Crippen molar-refractivity contribution in [3.63, 3.8) is 0 Å². The first-order valence-electron chi connectivity index (χ1n) is 5.83. The van der Waals surface area contributed by atoms with Crippen molar-refractivity contribution in [2.75, 3.05) is 26.2 Å². The number of hydrogen-bond acceptors (Lipinski definition) is 3. The summed E-state index contributed by atoms with van der Waals surface area (Å²) in [7, 11) is 0. The Bertz CT molecular complexity index is 252. The molecule has 4 heteroatoms. The second-order valence-corrected chi connectivity index (χ2v) is 5.24. The summed E-state index contributed by atoms with van der Waals surface area (Å²) in [4.78, 5) is 13.6. The summed E-state index contributed by atoms with van der Waals surface area (Å²) in [5.41, 5.74) is 0.214. The number of nitrogens with zero attached hydrogens (tertiary/aromatic N) is 1. The molecule has 0 aromatic carbocycles. The molecule has 0 aromatic heterocycles. The van der Waals surface area contributed by atoms with E-state index in [4.69, 9.17) is 0 Å². The maximum Gasteiger partial charge on any atom is 0.220 e. The van der Waals surface area contributed by atoms with Gasteiger partial charge in [-0.25, -0.2) is 0 Å². The minimum absolute atomic E-state index is 0.214. The first kappa shape index (κ1) is 10.9. The second kappa shape index (κ2) is 4.10. The lowest BCUT2D eigenvalue weighted by molar-refractivity contribution is -0.119. The van der Waals surface area contributed by atoms with Gasteiger partial charge < -0.3 is 10.6 Å². The predicted octanol–water partition coefficient (Wildman–Crippen LogP) is -0.0512. The van der Waals surface area contributed by atoms with Crippen LogP contribution in [-0.4, -0.2) is 48.6 Å². The molecular formula is C11H21N3O. The SMILES string of the molecule is CC1(C)CNCCN1CC1CCC(=O)N1. The molecule has 15 heavy (non-hydrogen) atoms. The normalized spacial score (nSPS) is 31.6. The maximum absolute atomic E-state index is 11.1. The van der Waals surface area contributed by atoms with Crippen molar-refractivity contribution in [3.05, 3.63) is 0 Å². The summed E-state index contributed by atoms with van der Waals surface area (Å²) in [5.74, 6) is 0.216. The zero-order chi connectivity index (χ0) is 10.9. The van der Waals surface area contributed by atoms with Gasteiger partial charge in [0.1, 0.15) is 0 Å². The van der Waals surface area contributed by atoms with Gasteiger partial charge in [0.05, 0.1) is 0 Å². The summed E-state index contributed by atoms with van der Waals surface area (Å²) in [6, 6.07) is 0.370. The van der Waals surface area contributed by atoms with Crippen LogP contribution in [0.15, 0.2) is 0 Å². The van der Waals surface area contributed by atoms with Crippen molar-refractivity contribution in [3.8, 4) is 0 Å². The largest absolute Gasteiger partial charge is 0.352 e. The van der Waals surface area contributed by atoms with Crippen LogP contribution in [0.25, 0.3) is 0 Å². The molecule has 1 unspecified atom stereocenters. The molecule has 0 bridgehead atoms. The molecule has 2 N–H and O–H groups in total. The molecule has 86 valence electrons. The van der Waals surface area contributed by atoms with Gasteiger partial charge in [-0.15, -0.1) is 0 Å². The van der Waals surface area contributed by atoms with Gasteiger partial charge in [-0.1, -0.05) is 0 Å². The first-order valence-corrected chi connectivity index (χ1v) is 5.83. The Kier molecular flexibility index (Phi) is 2.98. The number of carbonyl (C=O) groups excluding carboxylic acids is 1. The molecular weight excluding hydrogens is 190 g/mol. The standard InChI is InChI=1S/C11H21N3O/c1-11(2)8-12-5-6-14(11)7-9-3-4-10(15)13-9/h9,12H,3-8H2,1-2H3,(H,13,15). The van der Waals surface area contributed by atoms with Gasteiger partial charge in [-0.3, -0.25) is 9.69 Å². The summed E-state index contributed by atoms with van der Waals surface area (Å²) in [6.45, 7) is 8.70. The van der Waals surface area contributed by atoms with Crippen molar-refractivity contribution in [1.82, 2.24) is 15.5 Å². The highest BCUT2D eigenvalue weighted by Gasteiger charge is 2.32. The van der Waals surface area contributed by atoms with Crippen LogP contribution in [0.3, 0.4) is 0 Å². The smallest absolute Gasteiger partial charge is 0.220 e. The average molecular weight is 211 g/mol. The zero-order valence-corrected chi connectivity index (χ0v) is 9.68. The topological polar surface area (TPSA) is 44.4 Å². The molecule has 0 radical (unpaired) electrons. The van der Waals surface area contributed by atoms with E-state index in [-0.39, 0.29) is 11.4 Å². The number of nitrogens with one attached hydrogen (secondary N) is 2. The van der Waals surface area contributed by atoms with Crippen LogP contribution >= 0.6 is 0 Å². The predicted molar refractivity (Wildman–Crippen MR) is 59.7 cm³/mol. The van der Waals surface area contributed by atoms with Crippen molar-refractivity contribution in [1.29, 1.82) is 0 Å². The molecule has 2 fully saturated rings. The van der Waals surface area contributed by atoms with Crippen molar-refractivity contribution in [2.45, 2.75) is 38.3 Å². The van der Waals surface area contributed by atoms with Gasteiger partial charge in [-0.2, -0.15) is 0 Å². The van der Waals surface area contributed by atoms with E-state index in [0.29, 0.717) is 12.5 Å². The summed E-state index contributed by atoms with van der Waals surface area (Å²) < 4.78 is 0. The van der Waals surface area contributed by atoms with Gasteiger partial charge >= 0.3 is 0 Å². The molecule has 2 aliphatic heterocycles. The highest BCUT2D eigenvalue weighted by molar-refractivity contribution is 5.78. The van der Waals surface area contributed by atoms with E-state index in [1.54, 1.807) is 0 Å². The lowest BCUT2D eigenvalue weighted by atomic mass is 9.99. The number of amides is 1. The lowest BCUT2D eigenvalue weighted by Gasteiger charge is -2.43. The Labute approximate surface area is 91.4 Å². The van der Waals surface area contributed by atoms with Gasteiger partial charge in [0.25, 0.3) is 0 Å². The molecule has 0 saturated carbocycles. The van der Waals surface area contributed by atoms with Crippen LogP contribution in [0.5, 0.6) is 0 Å². The van der Waals surface area contributed by atoms with Crippen LogP contribution in [0.1, 0.15) is 26.7 Å². The van der Waals surface area contributed by atoms with Gasteiger partial charge in [0.2, 0.25) is 5.91 Å². The third-order valence-corrected chi connectivity index (χ3v) is 3.50. The first-order chi connectivity index (χ1) is 7.08. The number of rotatable bonds is 2. The van der Waals surface area contributed by atoms with Gasteiger partial charge in [0.15, 0.2) is 0 Å². The fourth-order valence-electron chi connectivity index (χ4n) is 2.44. The summed E-state index contributed by atoms with van der Waals surface area (Å²) in [6.07, 6.45) is 1.70. The monoisotopic (exact) mass is 211 g/mol. The fraction of sp³-hybridized carbons (Fsp3) is 0.909. The minimum atomic E-state index is 0.214. The Morgan fingerprint density at radius 2 is 2.33 bits per heavy atom. The van der Waals surface area contributed by atoms with Crippen molar-refractivity contribution in [2.24, 2.45) is 0 Å². The fourth-order valence-corrected chi connectivity index (χ4v) is 2.44. The van der Waals surface area contributed by atoms with Crippen LogP contribution in [0, 0.1) is 0 Å². The van der Waals surface area contributed by atoms with E-state index in [9.17, 15) is 4.79 Å². The van der Waals surface area contributed by atoms with E-state index in [0.717, 1.165) is 32.6 Å². The lowest BCUT2D eigenvalue weighted by Crippen LogP contribution is -2.60. The zero-order valence-electron chi connectivity index (χ0n) is 9.68.